The molecule has 128 valence electrons. The number of morpholine rings is 1. The van der Waals surface area contributed by atoms with Gasteiger partial charge in [-0.05, 0) is 18.4 Å². The number of nitrogens with two attached hydrogens (primary N) is 1. The van der Waals surface area contributed by atoms with Gasteiger partial charge in [-0.2, -0.15) is 0 Å². The molecule has 1 fully saturated rings. The molecule has 2 rings (SSSR count). The van der Waals surface area contributed by atoms with Crippen molar-refractivity contribution in [2.24, 2.45) is 11.7 Å². The SMILES string of the molecule is Cc1ccc(C(N)C(=O)NCC(C(C)C)N2CCOCC2)cc1. The highest BCUT2D eigenvalue weighted by molar-refractivity contribution is 5.82. The number of nitrogens with one attached hydrogen (secondary N) is 1. The molecule has 0 spiro atoms. The normalized spacial score (nSPS) is 18.7. The highest BCUT2D eigenvalue weighted by Crippen LogP contribution is 2.14. The van der Waals surface area contributed by atoms with Crippen LogP contribution in [0.4, 0.5) is 0 Å². The number of hydrogen-bond donors (Lipinski definition) is 2. The van der Waals surface area contributed by atoms with Crippen LogP contribution in [-0.4, -0.2) is 49.7 Å². The molecular formula is C18H29N3O2. The van der Waals surface area contributed by atoms with Crippen molar-refractivity contribution in [2.45, 2.75) is 32.9 Å². The van der Waals surface area contributed by atoms with Crippen LogP contribution in [0, 0.1) is 12.8 Å². The number of rotatable bonds is 6. The Bertz CT molecular complexity index is 495. The van der Waals surface area contributed by atoms with Crippen LogP contribution in [0.25, 0.3) is 0 Å². The zero-order valence-corrected chi connectivity index (χ0v) is 14.4. The molecule has 2 unspecified atom stereocenters. The highest BCUT2D eigenvalue weighted by Gasteiger charge is 2.25. The van der Waals surface area contributed by atoms with Gasteiger partial charge in [-0.3, -0.25) is 9.69 Å². The number of carbonyl (C=O) groups excluding carboxylic acids is 1. The second-order valence-electron chi connectivity index (χ2n) is 6.59. The van der Waals surface area contributed by atoms with Crippen molar-refractivity contribution in [1.29, 1.82) is 0 Å². The van der Waals surface area contributed by atoms with E-state index >= 15 is 0 Å². The highest BCUT2D eigenvalue weighted by atomic mass is 16.5. The predicted octanol–water partition coefficient (Wildman–Crippen LogP) is 1.47. The fourth-order valence-corrected chi connectivity index (χ4v) is 2.94. The maximum Gasteiger partial charge on any atom is 0.241 e. The fourth-order valence-electron chi connectivity index (χ4n) is 2.94. The number of nitrogens with zero attached hydrogens (tertiary/aromatic N) is 1. The standard InChI is InChI=1S/C18H29N3O2/c1-13(2)16(21-8-10-23-11-9-21)12-20-18(22)17(19)15-6-4-14(3)5-7-15/h4-7,13,16-17H,8-12,19H2,1-3H3,(H,20,22). The lowest BCUT2D eigenvalue weighted by molar-refractivity contribution is -0.122. The van der Waals surface area contributed by atoms with Gasteiger partial charge >= 0.3 is 0 Å². The van der Waals surface area contributed by atoms with Gasteiger partial charge in [-0.1, -0.05) is 43.7 Å². The summed E-state index contributed by atoms with van der Waals surface area (Å²) in [5.74, 6) is 0.344. The third-order valence-electron chi connectivity index (χ3n) is 4.49. The van der Waals surface area contributed by atoms with E-state index in [1.165, 1.54) is 0 Å². The minimum absolute atomic E-state index is 0.118. The van der Waals surface area contributed by atoms with Crippen LogP contribution in [0.5, 0.6) is 0 Å². The first-order chi connectivity index (χ1) is 11.0. The average Bonchev–Trinajstić information content (AvgIpc) is 2.55. The molecule has 1 amide bonds. The van der Waals surface area contributed by atoms with E-state index < -0.39 is 6.04 Å². The van der Waals surface area contributed by atoms with Crippen LogP contribution in [0.15, 0.2) is 24.3 Å². The van der Waals surface area contributed by atoms with Gasteiger partial charge in [0.2, 0.25) is 5.91 Å². The van der Waals surface area contributed by atoms with Crippen molar-refractivity contribution in [2.75, 3.05) is 32.8 Å². The van der Waals surface area contributed by atoms with Gasteiger partial charge in [-0.25, -0.2) is 0 Å². The number of carbonyl (C=O) groups is 1. The number of amides is 1. The molecule has 3 N–H and O–H groups in total. The Morgan fingerprint density at radius 3 is 2.43 bits per heavy atom. The van der Waals surface area contributed by atoms with E-state index in [0.29, 0.717) is 18.5 Å². The third-order valence-corrected chi connectivity index (χ3v) is 4.49. The second kappa shape index (κ2) is 8.43. The zero-order chi connectivity index (χ0) is 16.8. The van der Waals surface area contributed by atoms with Crippen molar-refractivity contribution < 1.29 is 9.53 Å². The molecule has 5 nitrogen and oxygen atoms in total. The molecule has 0 bridgehead atoms. The van der Waals surface area contributed by atoms with Gasteiger partial charge in [0.05, 0.1) is 13.2 Å². The summed E-state index contributed by atoms with van der Waals surface area (Å²) in [5, 5.41) is 3.03. The Kier molecular flexibility index (Phi) is 6.57. The van der Waals surface area contributed by atoms with Gasteiger partial charge in [-0.15, -0.1) is 0 Å². The Hall–Kier alpha value is -1.43. The first kappa shape index (κ1) is 17.9. The number of aryl methyl sites for hydroxylation is 1. The maximum absolute atomic E-state index is 12.4. The summed E-state index contributed by atoms with van der Waals surface area (Å²) in [6.07, 6.45) is 0. The summed E-state index contributed by atoms with van der Waals surface area (Å²) in [4.78, 5) is 14.8. The summed E-state index contributed by atoms with van der Waals surface area (Å²) in [5.41, 5.74) is 8.09. The molecule has 0 saturated carbocycles. The lowest BCUT2D eigenvalue weighted by Crippen LogP contribution is -2.52. The van der Waals surface area contributed by atoms with E-state index in [-0.39, 0.29) is 5.91 Å². The summed E-state index contributed by atoms with van der Waals surface area (Å²) in [6.45, 7) is 10.4. The molecular weight excluding hydrogens is 290 g/mol. The van der Waals surface area contributed by atoms with E-state index in [1.807, 2.05) is 31.2 Å². The smallest absolute Gasteiger partial charge is 0.241 e. The molecule has 1 aromatic carbocycles. The molecule has 1 aromatic rings. The topological polar surface area (TPSA) is 67.6 Å². The largest absolute Gasteiger partial charge is 0.379 e. The lowest BCUT2D eigenvalue weighted by Gasteiger charge is -2.37. The Morgan fingerprint density at radius 2 is 1.87 bits per heavy atom. The van der Waals surface area contributed by atoms with Crippen molar-refractivity contribution >= 4 is 5.91 Å². The Balaban J connectivity index is 1.91. The monoisotopic (exact) mass is 319 g/mol. The van der Waals surface area contributed by atoms with Crippen LogP contribution < -0.4 is 11.1 Å². The van der Waals surface area contributed by atoms with E-state index in [2.05, 4.69) is 24.1 Å². The summed E-state index contributed by atoms with van der Waals surface area (Å²) < 4.78 is 5.41. The maximum atomic E-state index is 12.4. The second-order valence-corrected chi connectivity index (χ2v) is 6.59. The van der Waals surface area contributed by atoms with Crippen LogP contribution in [0.1, 0.15) is 31.0 Å². The zero-order valence-electron chi connectivity index (χ0n) is 14.4. The van der Waals surface area contributed by atoms with E-state index in [0.717, 1.165) is 37.4 Å². The van der Waals surface area contributed by atoms with Crippen LogP contribution in [0.3, 0.4) is 0 Å². The third kappa shape index (κ3) is 5.03. The van der Waals surface area contributed by atoms with Gasteiger partial charge in [0.25, 0.3) is 0 Å². The molecule has 1 heterocycles. The quantitative estimate of drug-likeness (QED) is 0.833. The number of hydrogen-bond acceptors (Lipinski definition) is 4. The van der Waals surface area contributed by atoms with Crippen molar-refractivity contribution in [1.82, 2.24) is 10.2 Å². The Labute approximate surface area is 139 Å². The van der Waals surface area contributed by atoms with Crippen molar-refractivity contribution in [3.05, 3.63) is 35.4 Å². The molecule has 5 heteroatoms. The van der Waals surface area contributed by atoms with Crippen LogP contribution in [0.2, 0.25) is 0 Å². The molecule has 23 heavy (non-hydrogen) atoms. The molecule has 0 aliphatic carbocycles. The number of benzene rings is 1. The van der Waals surface area contributed by atoms with Crippen molar-refractivity contribution in [3.8, 4) is 0 Å². The van der Waals surface area contributed by atoms with E-state index in [9.17, 15) is 4.79 Å². The first-order valence-corrected chi connectivity index (χ1v) is 8.40. The molecule has 0 aromatic heterocycles. The van der Waals surface area contributed by atoms with Gasteiger partial charge < -0.3 is 15.8 Å². The average molecular weight is 319 g/mol. The molecule has 1 aliphatic heterocycles. The molecule has 0 radical (unpaired) electrons. The summed E-state index contributed by atoms with van der Waals surface area (Å²) in [6, 6.07) is 7.49. The van der Waals surface area contributed by atoms with E-state index in [4.69, 9.17) is 10.5 Å². The minimum Gasteiger partial charge on any atom is -0.379 e. The number of ether oxygens (including phenoxy) is 1. The molecule has 1 saturated heterocycles. The predicted molar refractivity (Wildman–Crippen MR) is 92.1 cm³/mol. The van der Waals surface area contributed by atoms with Crippen LogP contribution >= 0.6 is 0 Å². The lowest BCUT2D eigenvalue weighted by atomic mass is 10.0. The minimum atomic E-state index is -0.617. The van der Waals surface area contributed by atoms with E-state index in [1.54, 1.807) is 0 Å². The Morgan fingerprint density at radius 1 is 1.26 bits per heavy atom. The van der Waals surface area contributed by atoms with Gasteiger partial charge in [0, 0.05) is 25.7 Å². The fraction of sp³-hybridized carbons (Fsp3) is 0.611. The molecule has 2 atom stereocenters. The summed E-state index contributed by atoms with van der Waals surface area (Å²) in [7, 11) is 0. The van der Waals surface area contributed by atoms with Gasteiger partial charge in [0.15, 0.2) is 0 Å². The van der Waals surface area contributed by atoms with Crippen molar-refractivity contribution in [3.63, 3.8) is 0 Å². The first-order valence-electron chi connectivity index (χ1n) is 8.40. The summed E-state index contributed by atoms with van der Waals surface area (Å²) >= 11 is 0. The van der Waals surface area contributed by atoms with Crippen LogP contribution in [-0.2, 0) is 9.53 Å². The molecule has 1 aliphatic rings. The van der Waals surface area contributed by atoms with Gasteiger partial charge in [0.1, 0.15) is 6.04 Å².